The van der Waals surface area contributed by atoms with Crippen LogP contribution in [0.1, 0.15) is 32.3 Å². The molecule has 0 saturated carbocycles. The number of nitrogens with one attached hydrogen (secondary N) is 2. The Labute approximate surface area is 129 Å². The Bertz CT molecular complexity index is 663. The Kier molecular flexibility index (Phi) is 5.20. The number of fused-ring (bicyclic) bond motifs is 1. The van der Waals surface area contributed by atoms with Crippen LogP contribution in [0.4, 0.5) is 0 Å². The Morgan fingerprint density at radius 3 is 2.73 bits per heavy atom. The van der Waals surface area contributed by atoms with Gasteiger partial charge in [0.1, 0.15) is 0 Å². The third-order valence-electron chi connectivity index (χ3n) is 3.83. The second kappa shape index (κ2) is 7.11. The first-order valence-electron chi connectivity index (χ1n) is 7.54. The van der Waals surface area contributed by atoms with Gasteiger partial charge in [0, 0.05) is 29.6 Å². The van der Waals surface area contributed by atoms with Gasteiger partial charge < -0.3 is 15.4 Å². The van der Waals surface area contributed by atoms with E-state index in [9.17, 15) is 9.59 Å². The van der Waals surface area contributed by atoms with Crippen molar-refractivity contribution in [3.63, 3.8) is 0 Å². The fourth-order valence-electron chi connectivity index (χ4n) is 2.62. The molecule has 0 radical (unpaired) electrons. The van der Waals surface area contributed by atoms with Crippen LogP contribution in [-0.4, -0.2) is 28.0 Å². The van der Waals surface area contributed by atoms with E-state index in [0.717, 1.165) is 16.5 Å². The van der Waals surface area contributed by atoms with E-state index in [0.29, 0.717) is 19.3 Å². The lowest BCUT2D eigenvalue weighted by molar-refractivity contribution is -0.141. The maximum atomic E-state index is 12.0. The van der Waals surface area contributed by atoms with E-state index in [-0.39, 0.29) is 11.9 Å². The monoisotopic (exact) mass is 302 g/mol. The predicted octanol–water partition coefficient (Wildman–Crippen LogP) is 2.72. The molecule has 118 valence electrons. The van der Waals surface area contributed by atoms with Crippen LogP contribution in [0, 0.1) is 5.92 Å². The number of aromatic amines is 1. The van der Waals surface area contributed by atoms with E-state index in [1.165, 1.54) is 0 Å². The SMILES string of the molecule is CC(CC(C)C(=O)O)NC(=O)CCc1c[nH]c2ccccc12. The topological polar surface area (TPSA) is 82.2 Å². The largest absolute Gasteiger partial charge is 0.481 e. The molecule has 0 fully saturated rings. The molecule has 2 unspecified atom stereocenters. The summed E-state index contributed by atoms with van der Waals surface area (Å²) in [6.45, 7) is 3.49. The lowest BCUT2D eigenvalue weighted by atomic mass is 10.0. The van der Waals surface area contributed by atoms with E-state index in [1.54, 1.807) is 6.92 Å². The van der Waals surface area contributed by atoms with Crippen molar-refractivity contribution in [2.24, 2.45) is 5.92 Å². The van der Waals surface area contributed by atoms with Crippen LogP contribution < -0.4 is 5.32 Å². The number of hydrogen-bond donors (Lipinski definition) is 3. The molecule has 0 bridgehead atoms. The summed E-state index contributed by atoms with van der Waals surface area (Å²) in [7, 11) is 0. The minimum atomic E-state index is -0.833. The smallest absolute Gasteiger partial charge is 0.306 e. The quantitative estimate of drug-likeness (QED) is 0.735. The molecule has 2 rings (SSSR count). The number of rotatable bonds is 7. The zero-order valence-electron chi connectivity index (χ0n) is 12.9. The molecule has 2 atom stereocenters. The average molecular weight is 302 g/mol. The maximum Gasteiger partial charge on any atom is 0.306 e. The fourth-order valence-corrected chi connectivity index (χ4v) is 2.62. The lowest BCUT2D eigenvalue weighted by Crippen LogP contribution is -2.35. The highest BCUT2D eigenvalue weighted by Crippen LogP contribution is 2.19. The van der Waals surface area contributed by atoms with Crippen LogP contribution in [0.15, 0.2) is 30.5 Å². The number of aliphatic carboxylic acids is 1. The van der Waals surface area contributed by atoms with Crippen molar-refractivity contribution in [2.45, 2.75) is 39.2 Å². The summed E-state index contributed by atoms with van der Waals surface area (Å²) in [5.41, 5.74) is 2.19. The molecule has 22 heavy (non-hydrogen) atoms. The maximum absolute atomic E-state index is 12.0. The summed E-state index contributed by atoms with van der Waals surface area (Å²) < 4.78 is 0. The number of para-hydroxylation sites is 1. The van der Waals surface area contributed by atoms with E-state index in [4.69, 9.17) is 5.11 Å². The summed E-state index contributed by atoms with van der Waals surface area (Å²) in [5, 5.41) is 12.9. The molecule has 1 heterocycles. The Hall–Kier alpha value is -2.30. The Morgan fingerprint density at radius 1 is 1.27 bits per heavy atom. The van der Waals surface area contributed by atoms with Gasteiger partial charge in [-0.15, -0.1) is 0 Å². The molecule has 2 aromatic rings. The molecule has 5 nitrogen and oxygen atoms in total. The van der Waals surface area contributed by atoms with Crippen LogP contribution in [0.5, 0.6) is 0 Å². The molecule has 0 spiro atoms. The van der Waals surface area contributed by atoms with Gasteiger partial charge in [0.05, 0.1) is 5.92 Å². The minimum absolute atomic E-state index is 0.0460. The van der Waals surface area contributed by atoms with E-state index in [2.05, 4.69) is 10.3 Å². The van der Waals surface area contributed by atoms with Crippen LogP contribution in [0.2, 0.25) is 0 Å². The second-order valence-electron chi connectivity index (χ2n) is 5.80. The Morgan fingerprint density at radius 2 is 2.00 bits per heavy atom. The van der Waals surface area contributed by atoms with Gasteiger partial charge in [-0.25, -0.2) is 0 Å². The predicted molar refractivity (Wildman–Crippen MR) is 85.6 cm³/mol. The molecule has 1 aromatic carbocycles. The van der Waals surface area contributed by atoms with Crippen molar-refractivity contribution in [1.82, 2.24) is 10.3 Å². The minimum Gasteiger partial charge on any atom is -0.481 e. The van der Waals surface area contributed by atoms with Gasteiger partial charge in [0.25, 0.3) is 0 Å². The highest BCUT2D eigenvalue weighted by Gasteiger charge is 2.16. The number of benzene rings is 1. The molecule has 0 aliphatic rings. The van der Waals surface area contributed by atoms with Gasteiger partial charge in [-0.2, -0.15) is 0 Å². The Balaban J connectivity index is 1.84. The zero-order chi connectivity index (χ0) is 16.1. The van der Waals surface area contributed by atoms with Crippen molar-refractivity contribution in [1.29, 1.82) is 0 Å². The molecular formula is C17H22N2O3. The third kappa shape index (κ3) is 4.10. The number of carbonyl (C=O) groups is 2. The van der Waals surface area contributed by atoms with E-state index < -0.39 is 11.9 Å². The number of carboxylic acid groups (broad SMARTS) is 1. The summed E-state index contributed by atoms with van der Waals surface area (Å²) >= 11 is 0. The van der Waals surface area contributed by atoms with Crippen LogP contribution in [-0.2, 0) is 16.0 Å². The number of aryl methyl sites for hydroxylation is 1. The number of carboxylic acids is 1. The molecule has 1 aromatic heterocycles. The van der Waals surface area contributed by atoms with Crippen molar-refractivity contribution in [2.75, 3.05) is 0 Å². The summed E-state index contributed by atoms with van der Waals surface area (Å²) in [6, 6.07) is 7.86. The van der Waals surface area contributed by atoms with E-state index in [1.807, 2.05) is 37.4 Å². The summed E-state index contributed by atoms with van der Waals surface area (Å²) in [4.78, 5) is 26.0. The lowest BCUT2D eigenvalue weighted by Gasteiger charge is -2.16. The second-order valence-corrected chi connectivity index (χ2v) is 5.80. The summed E-state index contributed by atoms with van der Waals surface area (Å²) in [5.74, 6) is -1.33. The normalized spacial score (nSPS) is 13.7. The van der Waals surface area contributed by atoms with Gasteiger partial charge in [0.15, 0.2) is 0 Å². The van der Waals surface area contributed by atoms with Crippen molar-refractivity contribution in [3.8, 4) is 0 Å². The van der Waals surface area contributed by atoms with Crippen molar-refractivity contribution >= 4 is 22.8 Å². The average Bonchev–Trinajstić information content (AvgIpc) is 2.88. The molecule has 0 aliphatic heterocycles. The van der Waals surface area contributed by atoms with Crippen LogP contribution >= 0.6 is 0 Å². The highest BCUT2D eigenvalue weighted by molar-refractivity contribution is 5.84. The first kappa shape index (κ1) is 16.1. The third-order valence-corrected chi connectivity index (χ3v) is 3.83. The first-order chi connectivity index (χ1) is 10.5. The number of carbonyl (C=O) groups excluding carboxylic acids is 1. The van der Waals surface area contributed by atoms with Crippen LogP contribution in [0.3, 0.4) is 0 Å². The van der Waals surface area contributed by atoms with Gasteiger partial charge in [-0.05, 0) is 31.4 Å². The van der Waals surface area contributed by atoms with E-state index >= 15 is 0 Å². The molecular weight excluding hydrogens is 280 g/mol. The number of H-pyrrole nitrogens is 1. The van der Waals surface area contributed by atoms with Crippen LogP contribution in [0.25, 0.3) is 10.9 Å². The van der Waals surface area contributed by atoms with Gasteiger partial charge >= 0.3 is 5.97 Å². The molecule has 0 saturated heterocycles. The standard InChI is InChI=1S/C17H22N2O3/c1-11(17(21)22)9-12(2)19-16(20)8-7-13-10-18-15-6-4-3-5-14(13)15/h3-6,10-12,18H,7-9H2,1-2H3,(H,19,20)(H,21,22). The molecule has 1 amide bonds. The van der Waals surface area contributed by atoms with Gasteiger partial charge in [0.2, 0.25) is 5.91 Å². The van der Waals surface area contributed by atoms with Gasteiger partial charge in [-0.3, -0.25) is 9.59 Å². The van der Waals surface area contributed by atoms with Crippen molar-refractivity contribution in [3.05, 3.63) is 36.0 Å². The molecule has 5 heteroatoms. The highest BCUT2D eigenvalue weighted by atomic mass is 16.4. The molecule has 0 aliphatic carbocycles. The number of amides is 1. The fraction of sp³-hybridized carbons (Fsp3) is 0.412. The van der Waals surface area contributed by atoms with Gasteiger partial charge in [-0.1, -0.05) is 25.1 Å². The zero-order valence-corrected chi connectivity index (χ0v) is 12.9. The van der Waals surface area contributed by atoms with Crippen molar-refractivity contribution < 1.29 is 14.7 Å². The first-order valence-corrected chi connectivity index (χ1v) is 7.54. The number of hydrogen-bond acceptors (Lipinski definition) is 2. The number of aromatic nitrogens is 1. The summed E-state index contributed by atoms with van der Waals surface area (Å²) in [6.07, 6.45) is 3.44. The molecule has 3 N–H and O–H groups in total.